The van der Waals surface area contributed by atoms with Crippen molar-refractivity contribution in [3.63, 3.8) is 0 Å². The molecular weight excluding hydrogens is 375 g/mol. The number of likely N-dealkylation sites (N-methyl/N-ethyl adjacent to an activating group) is 1. The van der Waals surface area contributed by atoms with E-state index >= 15 is 0 Å². The van der Waals surface area contributed by atoms with Gasteiger partial charge in [0, 0.05) is 29.1 Å². The van der Waals surface area contributed by atoms with Crippen molar-refractivity contribution in [1.82, 2.24) is 10.2 Å². The molecule has 134 valence electrons. The van der Waals surface area contributed by atoms with Gasteiger partial charge in [-0.25, -0.2) is 0 Å². The normalized spacial score (nSPS) is 20.6. The Morgan fingerprint density at radius 3 is 2.76 bits per heavy atom. The van der Waals surface area contributed by atoms with Crippen LogP contribution in [0.15, 0.2) is 35.7 Å². The van der Waals surface area contributed by atoms with Crippen LogP contribution in [0.4, 0.5) is 0 Å². The standard InChI is InChI=1S/C19H22Cl2N2OS/c1-23(12-14-5-4-10-25-14)18-7-3-2-6-17(18)22-19(24)13-8-9-15(20)16(21)11-13/h4-5,8-11,17-18H,2-3,6-7,12H2,1H3,(H,22,24). The Labute approximate surface area is 162 Å². The maximum absolute atomic E-state index is 12.6. The quantitative estimate of drug-likeness (QED) is 0.750. The van der Waals surface area contributed by atoms with E-state index < -0.39 is 0 Å². The fourth-order valence-electron chi connectivity index (χ4n) is 3.46. The van der Waals surface area contributed by atoms with Gasteiger partial charge in [0.05, 0.1) is 10.0 Å². The second-order valence-electron chi connectivity index (χ2n) is 6.56. The Bertz CT molecular complexity index is 720. The summed E-state index contributed by atoms with van der Waals surface area (Å²) in [7, 11) is 2.15. The van der Waals surface area contributed by atoms with Crippen LogP contribution in [0, 0.1) is 0 Å². The number of halogens is 2. The fourth-order valence-corrected chi connectivity index (χ4v) is 4.53. The van der Waals surface area contributed by atoms with Crippen LogP contribution in [-0.4, -0.2) is 29.9 Å². The van der Waals surface area contributed by atoms with Crippen molar-refractivity contribution in [2.24, 2.45) is 0 Å². The van der Waals surface area contributed by atoms with E-state index in [2.05, 4.69) is 34.8 Å². The summed E-state index contributed by atoms with van der Waals surface area (Å²) in [6, 6.07) is 9.76. The van der Waals surface area contributed by atoms with Crippen molar-refractivity contribution in [2.45, 2.75) is 44.3 Å². The van der Waals surface area contributed by atoms with E-state index in [-0.39, 0.29) is 11.9 Å². The molecule has 1 heterocycles. The highest BCUT2D eigenvalue weighted by molar-refractivity contribution is 7.09. The van der Waals surface area contributed by atoms with E-state index in [1.165, 1.54) is 11.3 Å². The van der Waals surface area contributed by atoms with Crippen LogP contribution < -0.4 is 5.32 Å². The van der Waals surface area contributed by atoms with E-state index in [9.17, 15) is 4.79 Å². The Hall–Kier alpha value is -1.07. The lowest BCUT2D eigenvalue weighted by Crippen LogP contribution is -2.51. The Morgan fingerprint density at radius 2 is 2.04 bits per heavy atom. The van der Waals surface area contributed by atoms with Crippen molar-refractivity contribution in [3.8, 4) is 0 Å². The highest BCUT2D eigenvalue weighted by atomic mass is 35.5. The van der Waals surface area contributed by atoms with Crippen molar-refractivity contribution in [1.29, 1.82) is 0 Å². The molecule has 1 aromatic carbocycles. The predicted molar refractivity (Wildman–Crippen MR) is 106 cm³/mol. The Balaban J connectivity index is 1.67. The number of thiophene rings is 1. The lowest BCUT2D eigenvalue weighted by molar-refractivity contribution is 0.0859. The highest BCUT2D eigenvalue weighted by Crippen LogP contribution is 2.26. The van der Waals surface area contributed by atoms with Crippen LogP contribution in [0.5, 0.6) is 0 Å². The molecule has 0 aliphatic heterocycles. The van der Waals surface area contributed by atoms with Gasteiger partial charge in [-0.2, -0.15) is 0 Å². The van der Waals surface area contributed by atoms with Gasteiger partial charge in [-0.3, -0.25) is 9.69 Å². The Kier molecular flexibility index (Phi) is 6.39. The van der Waals surface area contributed by atoms with E-state index in [0.717, 1.165) is 25.8 Å². The molecule has 1 N–H and O–H groups in total. The van der Waals surface area contributed by atoms with Gasteiger partial charge in [0.2, 0.25) is 0 Å². The van der Waals surface area contributed by atoms with E-state index in [0.29, 0.717) is 21.7 Å². The zero-order chi connectivity index (χ0) is 17.8. The lowest BCUT2D eigenvalue weighted by Gasteiger charge is -2.38. The number of nitrogens with zero attached hydrogens (tertiary/aromatic N) is 1. The summed E-state index contributed by atoms with van der Waals surface area (Å²) in [5.41, 5.74) is 0.555. The van der Waals surface area contributed by atoms with Crippen LogP contribution in [0.2, 0.25) is 10.0 Å². The van der Waals surface area contributed by atoms with Crippen LogP contribution in [0.1, 0.15) is 40.9 Å². The van der Waals surface area contributed by atoms with E-state index in [1.54, 1.807) is 29.5 Å². The summed E-state index contributed by atoms with van der Waals surface area (Å²) in [5.74, 6) is -0.0833. The van der Waals surface area contributed by atoms with E-state index in [4.69, 9.17) is 23.2 Å². The van der Waals surface area contributed by atoms with Gasteiger partial charge in [0.1, 0.15) is 0 Å². The van der Waals surface area contributed by atoms with Gasteiger partial charge in [-0.1, -0.05) is 42.1 Å². The molecule has 2 atom stereocenters. The first-order valence-electron chi connectivity index (χ1n) is 8.53. The van der Waals surface area contributed by atoms with Crippen molar-refractivity contribution in [3.05, 3.63) is 56.2 Å². The van der Waals surface area contributed by atoms with Crippen LogP contribution >= 0.6 is 34.5 Å². The summed E-state index contributed by atoms with van der Waals surface area (Å²) in [5, 5.41) is 6.19. The molecule has 0 spiro atoms. The number of hydrogen-bond acceptors (Lipinski definition) is 3. The molecule has 2 aromatic rings. The maximum atomic E-state index is 12.6. The molecule has 0 saturated heterocycles. The molecule has 3 nitrogen and oxygen atoms in total. The van der Waals surface area contributed by atoms with Crippen LogP contribution in [0.3, 0.4) is 0 Å². The molecule has 2 unspecified atom stereocenters. The second kappa shape index (κ2) is 8.54. The molecule has 0 radical (unpaired) electrons. The fraction of sp³-hybridized carbons (Fsp3) is 0.421. The van der Waals surface area contributed by atoms with Gasteiger partial charge in [0.25, 0.3) is 5.91 Å². The molecule has 0 bridgehead atoms. The summed E-state index contributed by atoms with van der Waals surface area (Å²) >= 11 is 13.8. The van der Waals surface area contributed by atoms with Crippen molar-refractivity contribution in [2.75, 3.05) is 7.05 Å². The molecule has 1 amide bonds. The summed E-state index contributed by atoms with van der Waals surface area (Å²) < 4.78 is 0. The molecule has 1 saturated carbocycles. The number of hydrogen-bond donors (Lipinski definition) is 1. The first-order valence-corrected chi connectivity index (χ1v) is 10.2. The lowest BCUT2D eigenvalue weighted by atomic mass is 9.89. The first kappa shape index (κ1) is 18.7. The molecule has 3 rings (SSSR count). The van der Waals surface area contributed by atoms with Crippen LogP contribution in [0.25, 0.3) is 0 Å². The molecule has 1 fully saturated rings. The third-order valence-corrected chi connectivity index (χ3v) is 6.38. The Morgan fingerprint density at radius 1 is 1.24 bits per heavy atom. The maximum Gasteiger partial charge on any atom is 0.251 e. The molecule has 6 heteroatoms. The number of benzene rings is 1. The van der Waals surface area contributed by atoms with Gasteiger partial charge >= 0.3 is 0 Å². The number of carbonyl (C=O) groups is 1. The predicted octanol–water partition coefficient (Wildman–Crippen LogP) is 5.23. The highest BCUT2D eigenvalue weighted by Gasteiger charge is 2.30. The molecule has 1 aliphatic carbocycles. The minimum atomic E-state index is -0.0833. The summed E-state index contributed by atoms with van der Waals surface area (Å²) in [4.78, 5) is 16.3. The zero-order valence-corrected chi connectivity index (χ0v) is 16.5. The minimum Gasteiger partial charge on any atom is -0.348 e. The van der Waals surface area contributed by atoms with Gasteiger partial charge in [-0.05, 0) is 49.5 Å². The SMILES string of the molecule is CN(Cc1cccs1)C1CCCCC1NC(=O)c1ccc(Cl)c(Cl)c1. The number of nitrogens with one attached hydrogen (secondary N) is 1. The van der Waals surface area contributed by atoms with Crippen molar-refractivity contribution >= 4 is 40.4 Å². The average Bonchev–Trinajstić information content (AvgIpc) is 3.10. The van der Waals surface area contributed by atoms with Gasteiger partial charge in [0.15, 0.2) is 0 Å². The average molecular weight is 397 g/mol. The minimum absolute atomic E-state index is 0.0833. The largest absolute Gasteiger partial charge is 0.348 e. The van der Waals surface area contributed by atoms with Crippen LogP contribution in [-0.2, 0) is 6.54 Å². The smallest absolute Gasteiger partial charge is 0.251 e. The number of amides is 1. The van der Waals surface area contributed by atoms with Crippen molar-refractivity contribution < 1.29 is 4.79 Å². The molecular formula is C19H22Cl2N2OS. The van der Waals surface area contributed by atoms with Gasteiger partial charge < -0.3 is 5.32 Å². The zero-order valence-electron chi connectivity index (χ0n) is 14.2. The third-order valence-electron chi connectivity index (χ3n) is 4.78. The first-order chi connectivity index (χ1) is 12.0. The summed E-state index contributed by atoms with van der Waals surface area (Å²) in [6.07, 6.45) is 4.47. The van der Waals surface area contributed by atoms with Gasteiger partial charge in [-0.15, -0.1) is 11.3 Å². The molecule has 25 heavy (non-hydrogen) atoms. The third kappa shape index (κ3) is 4.76. The second-order valence-corrected chi connectivity index (χ2v) is 8.40. The monoisotopic (exact) mass is 396 g/mol. The van der Waals surface area contributed by atoms with E-state index in [1.807, 2.05) is 0 Å². The number of rotatable bonds is 5. The number of carbonyl (C=O) groups excluding carboxylic acids is 1. The molecule has 1 aliphatic rings. The molecule has 1 aromatic heterocycles. The topological polar surface area (TPSA) is 32.3 Å². The summed E-state index contributed by atoms with van der Waals surface area (Å²) in [6.45, 7) is 0.918.